The summed E-state index contributed by atoms with van der Waals surface area (Å²) in [5.74, 6) is -1.12. The van der Waals surface area contributed by atoms with Crippen molar-refractivity contribution in [3.63, 3.8) is 0 Å². The lowest BCUT2D eigenvalue weighted by atomic mass is 10.1. The summed E-state index contributed by atoms with van der Waals surface area (Å²) in [6, 6.07) is 0.655. The minimum absolute atomic E-state index is 0.158. The molecule has 1 aromatic rings. The fourth-order valence-electron chi connectivity index (χ4n) is 1.02. The summed E-state index contributed by atoms with van der Waals surface area (Å²) in [5, 5.41) is 2.46. The molecule has 4 nitrogen and oxygen atoms in total. The van der Waals surface area contributed by atoms with Crippen LogP contribution in [0.15, 0.2) is 16.7 Å². The molecule has 0 atom stereocenters. The summed E-state index contributed by atoms with van der Waals surface area (Å²) in [5.41, 5.74) is 3.68. The fraction of sp³-hybridized carbons (Fsp3) is 0.500. The Kier molecular flexibility index (Phi) is 3.51. The average molecular weight is 250 g/mol. The number of furan rings is 1. The molecule has 0 aliphatic carbocycles. The molecule has 0 saturated heterocycles. The second-order valence-electron chi connectivity index (χ2n) is 4.24. The highest BCUT2D eigenvalue weighted by Gasteiger charge is 2.34. The number of carbonyl (C=O) groups excluding carboxylic acids is 1. The summed E-state index contributed by atoms with van der Waals surface area (Å²) in [4.78, 5) is 11.5. The van der Waals surface area contributed by atoms with Crippen LogP contribution in [0.1, 0.15) is 30.0 Å². The molecule has 0 unspecified atom stereocenters. The fourth-order valence-corrected chi connectivity index (χ4v) is 1.02. The summed E-state index contributed by atoms with van der Waals surface area (Å²) in [6.07, 6.45) is -4.02. The van der Waals surface area contributed by atoms with Crippen molar-refractivity contribution >= 4 is 5.91 Å². The Bertz CT molecular complexity index is 410. The molecule has 0 aliphatic heterocycles. The minimum Gasteiger partial charge on any atom is -0.459 e. The molecular weight excluding hydrogens is 237 g/mol. The summed E-state index contributed by atoms with van der Waals surface area (Å²) in [6.45, 7) is 3.46. The first-order valence-electron chi connectivity index (χ1n) is 4.84. The predicted molar refractivity (Wildman–Crippen MR) is 54.3 cm³/mol. The standard InChI is InChI=1S/C10H13F3N2O2/c1-9(2,5-14)15-8(16)7-3-6(4-17-7)10(11,12)13/h3-4H,5,14H2,1-2H3,(H,15,16). The van der Waals surface area contributed by atoms with Gasteiger partial charge in [0.2, 0.25) is 0 Å². The van der Waals surface area contributed by atoms with E-state index in [1.54, 1.807) is 13.8 Å². The molecule has 0 fully saturated rings. The molecule has 0 aromatic carbocycles. The quantitative estimate of drug-likeness (QED) is 0.859. The minimum atomic E-state index is -4.52. The van der Waals surface area contributed by atoms with E-state index in [1.165, 1.54) is 0 Å². The maximum absolute atomic E-state index is 12.3. The molecular formula is C10H13F3N2O2. The third-order valence-corrected chi connectivity index (χ3v) is 2.11. The van der Waals surface area contributed by atoms with Crippen LogP contribution in [-0.2, 0) is 6.18 Å². The molecule has 0 radical (unpaired) electrons. The molecule has 17 heavy (non-hydrogen) atoms. The van der Waals surface area contributed by atoms with Gasteiger partial charge < -0.3 is 15.5 Å². The lowest BCUT2D eigenvalue weighted by molar-refractivity contribution is -0.137. The number of nitrogens with one attached hydrogen (secondary N) is 1. The third kappa shape index (κ3) is 3.48. The molecule has 0 spiro atoms. The average Bonchev–Trinajstić information content (AvgIpc) is 2.65. The van der Waals surface area contributed by atoms with E-state index in [4.69, 9.17) is 5.73 Å². The summed E-state index contributed by atoms with van der Waals surface area (Å²) in [7, 11) is 0. The topological polar surface area (TPSA) is 68.3 Å². The third-order valence-electron chi connectivity index (χ3n) is 2.11. The molecule has 96 valence electrons. The second kappa shape index (κ2) is 4.40. The molecule has 0 aliphatic rings. The zero-order valence-electron chi connectivity index (χ0n) is 9.39. The van der Waals surface area contributed by atoms with Gasteiger partial charge in [0.25, 0.3) is 5.91 Å². The van der Waals surface area contributed by atoms with Gasteiger partial charge in [0.1, 0.15) is 6.26 Å². The maximum atomic E-state index is 12.3. The first kappa shape index (κ1) is 13.6. The highest BCUT2D eigenvalue weighted by Crippen LogP contribution is 2.30. The van der Waals surface area contributed by atoms with Crippen molar-refractivity contribution in [2.45, 2.75) is 25.6 Å². The smallest absolute Gasteiger partial charge is 0.419 e. The number of rotatable bonds is 3. The Hall–Kier alpha value is -1.50. The van der Waals surface area contributed by atoms with Gasteiger partial charge >= 0.3 is 6.18 Å². The molecule has 7 heteroatoms. The van der Waals surface area contributed by atoms with E-state index in [9.17, 15) is 18.0 Å². The van der Waals surface area contributed by atoms with Crippen molar-refractivity contribution in [1.29, 1.82) is 0 Å². The lowest BCUT2D eigenvalue weighted by Gasteiger charge is -2.23. The van der Waals surface area contributed by atoms with Crippen molar-refractivity contribution in [2.24, 2.45) is 5.73 Å². The molecule has 0 bridgehead atoms. The van der Waals surface area contributed by atoms with Crippen LogP contribution in [0, 0.1) is 0 Å². The Morgan fingerprint density at radius 2 is 2.06 bits per heavy atom. The van der Waals surface area contributed by atoms with Gasteiger partial charge in [-0.2, -0.15) is 13.2 Å². The second-order valence-corrected chi connectivity index (χ2v) is 4.24. The monoisotopic (exact) mass is 250 g/mol. The highest BCUT2D eigenvalue weighted by atomic mass is 19.4. The van der Waals surface area contributed by atoms with Gasteiger partial charge in [0.15, 0.2) is 5.76 Å². The van der Waals surface area contributed by atoms with Crippen molar-refractivity contribution in [3.05, 3.63) is 23.7 Å². The molecule has 1 rings (SSSR count). The summed E-state index contributed by atoms with van der Waals surface area (Å²) >= 11 is 0. The predicted octanol–water partition coefficient (Wildman–Crippen LogP) is 1.77. The number of carbonyl (C=O) groups is 1. The van der Waals surface area contributed by atoms with E-state index in [1.807, 2.05) is 0 Å². The Morgan fingerprint density at radius 3 is 2.47 bits per heavy atom. The first-order chi connectivity index (χ1) is 7.65. The number of hydrogen-bond acceptors (Lipinski definition) is 3. The van der Waals surface area contributed by atoms with Crippen LogP contribution in [0.25, 0.3) is 0 Å². The number of hydrogen-bond donors (Lipinski definition) is 2. The number of amides is 1. The van der Waals surface area contributed by atoms with Gasteiger partial charge in [-0.25, -0.2) is 0 Å². The SMILES string of the molecule is CC(C)(CN)NC(=O)c1cc(C(F)(F)F)co1. The number of halogens is 3. The van der Waals surface area contributed by atoms with Gasteiger partial charge in [0, 0.05) is 18.2 Å². The normalized spacial score (nSPS) is 12.6. The van der Waals surface area contributed by atoms with Gasteiger partial charge in [-0.15, -0.1) is 0 Å². The van der Waals surface area contributed by atoms with Gasteiger partial charge in [-0.3, -0.25) is 4.79 Å². The van der Waals surface area contributed by atoms with E-state index < -0.39 is 23.2 Å². The zero-order chi connectivity index (χ0) is 13.3. The van der Waals surface area contributed by atoms with Crippen LogP contribution in [0.3, 0.4) is 0 Å². The van der Waals surface area contributed by atoms with Crippen LogP contribution in [0.4, 0.5) is 13.2 Å². The molecule has 3 N–H and O–H groups in total. The van der Waals surface area contributed by atoms with Gasteiger partial charge in [-0.1, -0.05) is 0 Å². The van der Waals surface area contributed by atoms with Crippen molar-refractivity contribution in [2.75, 3.05) is 6.54 Å². The van der Waals surface area contributed by atoms with Crippen LogP contribution >= 0.6 is 0 Å². The molecule has 1 heterocycles. The van der Waals surface area contributed by atoms with Crippen molar-refractivity contribution in [1.82, 2.24) is 5.32 Å². The Morgan fingerprint density at radius 1 is 1.47 bits per heavy atom. The largest absolute Gasteiger partial charge is 0.459 e. The Balaban J connectivity index is 2.81. The van der Waals surface area contributed by atoms with Crippen LogP contribution in [0.5, 0.6) is 0 Å². The van der Waals surface area contributed by atoms with Gasteiger partial charge in [0.05, 0.1) is 5.56 Å². The van der Waals surface area contributed by atoms with E-state index in [0.717, 1.165) is 0 Å². The van der Waals surface area contributed by atoms with Crippen LogP contribution < -0.4 is 11.1 Å². The van der Waals surface area contributed by atoms with Crippen molar-refractivity contribution < 1.29 is 22.4 Å². The zero-order valence-corrected chi connectivity index (χ0v) is 9.39. The maximum Gasteiger partial charge on any atom is 0.419 e. The van der Waals surface area contributed by atoms with E-state index >= 15 is 0 Å². The van der Waals surface area contributed by atoms with Crippen molar-refractivity contribution in [3.8, 4) is 0 Å². The van der Waals surface area contributed by atoms with Crippen LogP contribution in [-0.4, -0.2) is 18.0 Å². The van der Waals surface area contributed by atoms with Crippen LogP contribution in [0.2, 0.25) is 0 Å². The first-order valence-corrected chi connectivity index (χ1v) is 4.84. The molecule has 1 amide bonds. The Labute approximate surface area is 96.0 Å². The number of alkyl halides is 3. The van der Waals surface area contributed by atoms with E-state index in [2.05, 4.69) is 9.73 Å². The lowest BCUT2D eigenvalue weighted by Crippen LogP contribution is -2.48. The summed E-state index contributed by atoms with van der Waals surface area (Å²) < 4.78 is 41.3. The van der Waals surface area contributed by atoms with Gasteiger partial charge in [-0.05, 0) is 13.8 Å². The highest BCUT2D eigenvalue weighted by molar-refractivity contribution is 5.92. The molecule has 1 aromatic heterocycles. The van der Waals surface area contributed by atoms with E-state index in [0.29, 0.717) is 12.3 Å². The number of nitrogens with two attached hydrogens (primary N) is 1. The van der Waals surface area contributed by atoms with E-state index in [-0.39, 0.29) is 12.3 Å². The molecule has 0 saturated carbocycles.